The maximum Gasteiger partial charge on any atom is 0.261 e. The Balaban J connectivity index is 0.000000185. The summed E-state index contributed by atoms with van der Waals surface area (Å²) in [6.07, 6.45) is 5.27. The van der Waals surface area contributed by atoms with Crippen LogP contribution in [0.4, 0.5) is 11.4 Å². The monoisotopic (exact) mass is 852 g/mol. The second-order valence-electron chi connectivity index (χ2n) is 13.7. The molecule has 14 heteroatoms. The van der Waals surface area contributed by atoms with Crippen LogP contribution in [0.1, 0.15) is 11.1 Å². The van der Waals surface area contributed by atoms with E-state index in [4.69, 9.17) is 20.0 Å². The van der Waals surface area contributed by atoms with Gasteiger partial charge in [0, 0.05) is 23.3 Å². The average molecular weight is 853 g/mol. The van der Waals surface area contributed by atoms with Gasteiger partial charge in [-0.1, -0.05) is 65.6 Å². The molecule has 2 aromatic heterocycles. The van der Waals surface area contributed by atoms with Gasteiger partial charge in [-0.15, -0.1) is 6.42 Å². The van der Waals surface area contributed by atoms with Crippen molar-refractivity contribution in [1.82, 2.24) is 0 Å². The SMILES string of the molecule is C#CCOc1ccc(NS(=O)(=O)c2ccc(C)cc2)c(-c2cc(=O)c3ccccc3o2)c1.Cc1ccc(S(=O)(=O)Nc2ccc(O)cc2-c2cc(=O)c3ccccc3o2)cc1. The van der Waals surface area contributed by atoms with Crippen LogP contribution in [0.5, 0.6) is 11.5 Å². The third-order valence-corrected chi connectivity index (χ3v) is 12.0. The standard InChI is InChI=1S/C25H19NO5S.C22H17NO5S/c1-3-14-30-18-10-13-22(26-32(28,29)19-11-8-17(2)9-12-19)21(15-18)25-16-23(27)20-6-4-5-7-24(20)31-25;1-14-6-9-16(10-7-14)29(26,27)23-19-11-8-15(24)12-18(19)22-13-20(25)17-4-2-3-5-21(17)28-22/h1,4-13,15-16,26H,14H2,2H3;2-13,23-24H,1H3. The Bertz CT molecular complexity index is 3320. The first-order valence-corrected chi connectivity index (χ1v) is 21.5. The maximum absolute atomic E-state index is 13.0. The Morgan fingerprint density at radius 1 is 0.590 bits per heavy atom. The predicted molar refractivity (Wildman–Crippen MR) is 236 cm³/mol. The fourth-order valence-electron chi connectivity index (χ4n) is 6.17. The van der Waals surface area contributed by atoms with E-state index in [-0.39, 0.29) is 61.5 Å². The van der Waals surface area contributed by atoms with Crippen molar-refractivity contribution in [2.75, 3.05) is 16.1 Å². The molecule has 2 heterocycles. The topological polar surface area (TPSA) is 182 Å². The van der Waals surface area contributed by atoms with Crippen LogP contribution < -0.4 is 25.0 Å². The fourth-order valence-corrected chi connectivity index (χ4v) is 8.33. The number of anilines is 2. The number of aromatic hydroxyl groups is 1. The van der Waals surface area contributed by atoms with Crippen molar-refractivity contribution >= 4 is 53.4 Å². The number of phenols is 1. The first kappa shape index (κ1) is 41.6. The average Bonchev–Trinajstić information content (AvgIpc) is 3.24. The number of phenolic OH excluding ortho intramolecular Hbond substituents is 1. The normalized spacial score (nSPS) is 11.3. The van der Waals surface area contributed by atoms with Gasteiger partial charge in [0.15, 0.2) is 10.9 Å². The molecule has 0 unspecified atom stereocenters. The van der Waals surface area contributed by atoms with Crippen molar-refractivity contribution in [2.45, 2.75) is 23.6 Å². The molecule has 8 rings (SSSR count). The van der Waals surface area contributed by atoms with E-state index in [1.807, 2.05) is 13.8 Å². The summed E-state index contributed by atoms with van der Waals surface area (Å²) in [7, 11) is -7.76. The van der Waals surface area contributed by atoms with Crippen molar-refractivity contribution in [3.05, 3.63) is 177 Å². The summed E-state index contributed by atoms with van der Waals surface area (Å²) in [5.41, 5.74) is 3.13. The van der Waals surface area contributed by atoms with Crippen LogP contribution in [0.3, 0.4) is 0 Å². The number of hydrogen-bond donors (Lipinski definition) is 3. The molecule has 12 nitrogen and oxygen atoms in total. The van der Waals surface area contributed by atoms with Crippen molar-refractivity contribution in [1.29, 1.82) is 0 Å². The highest BCUT2D eigenvalue weighted by Crippen LogP contribution is 2.35. The number of para-hydroxylation sites is 2. The van der Waals surface area contributed by atoms with E-state index in [9.17, 15) is 31.5 Å². The molecule has 0 amide bonds. The number of nitrogens with one attached hydrogen (secondary N) is 2. The van der Waals surface area contributed by atoms with Crippen LogP contribution in [0.25, 0.3) is 44.6 Å². The molecule has 0 atom stereocenters. The molecule has 306 valence electrons. The molecule has 0 fully saturated rings. The summed E-state index contributed by atoms with van der Waals surface area (Å²) in [6.45, 7) is 3.78. The molecule has 0 saturated carbocycles. The molecule has 0 spiro atoms. The second-order valence-corrected chi connectivity index (χ2v) is 17.1. The summed E-state index contributed by atoms with van der Waals surface area (Å²) >= 11 is 0. The van der Waals surface area contributed by atoms with E-state index >= 15 is 0 Å². The fraction of sp³-hybridized carbons (Fsp3) is 0.0638. The van der Waals surface area contributed by atoms with Gasteiger partial charge in [-0.25, -0.2) is 16.8 Å². The third-order valence-electron chi connectivity index (χ3n) is 9.27. The van der Waals surface area contributed by atoms with Crippen molar-refractivity contribution in [3.63, 3.8) is 0 Å². The summed E-state index contributed by atoms with van der Waals surface area (Å²) < 4.78 is 73.9. The van der Waals surface area contributed by atoms with Gasteiger partial charge in [0.2, 0.25) is 0 Å². The van der Waals surface area contributed by atoms with Gasteiger partial charge < -0.3 is 18.7 Å². The van der Waals surface area contributed by atoms with Crippen molar-refractivity contribution < 1.29 is 35.5 Å². The van der Waals surface area contributed by atoms with Gasteiger partial charge >= 0.3 is 0 Å². The zero-order valence-electron chi connectivity index (χ0n) is 32.6. The van der Waals surface area contributed by atoms with E-state index in [1.165, 1.54) is 54.6 Å². The molecule has 8 aromatic rings. The number of aryl methyl sites for hydroxylation is 2. The highest BCUT2D eigenvalue weighted by atomic mass is 32.2. The Kier molecular flexibility index (Phi) is 11.8. The first-order chi connectivity index (χ1) is 29.2. The van der Waals surface area contributed by atoms with Gasteiger partial charge in [0.25, 0.3) is 20.0 Å². The van der Waals surface area contributed by atoms with Crippen molar-refractivity contribution in [3.8, 4) is 46.5 Å². The number of benzene rings is 6. The Labute approximate surface area is 350 Å². The number of sulfonamides is 2. The highest BCUT2D eigenvalue weighted by molar-refractivity contribution is 7.93. The summed E-state index contributed by atoms with van der Waals surface area (Å²) in [4.78, 5) is 25.3. The minimum atomic E-state index is -3.89. The largest absolute Gasteiger partial charge is 0.508 e. The Morgan fingerprint density at radius 2 is 1.03 bits per heavy atom. The van der Waals surface area contributed by atoms with Crippen LogP contribution in [-0.4, -0.2) is 28.5 Å². The minimum Gasteiger partial charge on any atom is -0.508 e. The van der Waals surface area contributed by atoms with Crippen LogP contribution in [0.15, 0.2) is 174 Å². The molecule has 3 N–H and O–H groups in total. The molecule has 0 bridgehead atoms. The van der Waals surface area contributed by atoms with Gasteiger partial charge in [-0.2, -0.15) is 0 Å². The van der Waals surface area contributed by atoms with Gasteiger partial charge in [-0.3, -0.25) is 19.0 Å². The molecule has 0 aliphatic heterocycles. The molecule has 0 saturated heterocycles. The lowest BCUT2D eigenvalue weighted by molar-refractivity contribution is 0.370. The first-order valence-electron chi connectivity index (χ1n) is 18.5. The number of terminal acetylenes is 1. The highest BCUT2D eigenvalue weighted by Gasteiger charge is 2.21. The van der Waals surface area contributed by atoms with Crippen molar-refractivity contribution in [2.24, 2.45) is 0 Å². The zero-order valence-corrected chi connectivity index (χ0v) is 34.2. The predicted octanol–water partition coefficient (Wildman–Crippen LogP) is 8.86. The number of fused-ring (bicyclic) bond motifs is 2. The van der Waals surface area contributed by atoms with E-state index in [0.29, 0.717) is 33.3 Å². The molecule has 0 radical (unpaired) electrons. The smallest absolute Gasteiger partial charge is 0.261 e. The van der Waals surface area contributed by atoms with E-state index < -0.39 is 20.0 Å². The van der Waals surface area contributed by atoms with E-state index in [0.717, 1.165) is 11.1 Å². The van der Waals surface area contributed by atoms with Crippen LogP contribution in [0.2, 0.25) is 0 Å². The molecule has 0 aliphatic rings. The number of ether oxygens (including phenoxy) is 1. The Hall–Kier alpha value is -7.60. The van der Waals surface area contributed by atoms with Crippen LogP contribution in [-0.2, 0) is 20.0 Å². The summed E-state index contributed by atoms with van der Waals surface area (Å²) in [5, 5.41) is 10.8. The lowest BCUT2D eigenvalue weighted by atomic mass is 10.1. The molecule has 6 aromatic carbocycles. The molecule has 61 heavy (non-hydrogen) atoms. The maximum atomic E-state index is 13.0. The molecular weight excluding hydrogens is 817 g/mol. The number of hydrogen-bond acceptors (Lipinski definition) is 10. The number of rotatable bonds is 10. The second kappa shape index (κ2) is 17.3. The zero-order chi connectivity index (χ0) is 43.3. The molecular formula is C47H36N2O10S2. The lowest BCUT2D eigenvalue weighted by Crippen LogP contribution is -2.14. The summed E-state index contributed by atoms with van der Waals surface area (Å²) in [5.74, 6) is 3.04. The lowest BCUT2D eigenvalue weighted by Gasteiger charge is -2.14. The Morgan fingerprint density at radius 3 is 1.51 bits per heavy atom. The minimum absolute atomic E-state index is 0.0373. The molecule has 0 aliphatic carbocycles. The van der Waals surface area contributed by atoms with Gasteiger partial charge in [-0.05, 0) is 98.8 Å². The van der Waals surface area contributed by atoms with Crippen LogP contribution in [0, 0.1) is 26.2 Å². The van der Waals surface area contributed by atoms with Gasteiger partial charge in [0.05, 0.1) is 31.9 Å². The van der Waals surface area contributed by atoms with E-state index in [1.54, 1.807) is 91.0 Å². The van der Waals surface area contributed by atoms with Crippen LogP contribution >= 0.6 is 0 Å². The van der Waals surface area contributed by atoms with Gasteiger partial charge in [0.1, 0.15) is 40.8 Å². The van der Waals surface area contributed by atoms with E-state index in [2.05, 4.69) is 15.4 Å². The quantitative estimate of drug-likeness (QED) is 0.0888. The summed E-state index contributed by atoms with van der Waals surface area (Å²) in [6, 6.07) is 38.0. The third kappa shape index (κ3) is 9.49.